The zero-order valence-electron chi connectivity index (χ0n) is 16.3. The molecular weight excluding hydrogens is 467 g/mol. The molecule has 1 amide bonds. The molecule has 1 atom stereocenters. The molecule has 1 N–H and O–H groups in total. The molecular formula is C20H20Cl2N2O6S. The highest BCUT2D eigenvalue weighted by Crippen LogP contribution is 2.32. The van der Waals surface area contributed by atoms with Crippen LogP contribution in [0.5, 0.6) is 11.5 Å². The van der Waals surface area contributed by atoms with Crippen LogP contribution < -0.4 is 14.8 Å². The molecule has 1 saturated heterocycles. The fraction of sp³-hybridized carbons (Fsp3) is 0.350. The van der Waals surface area contributed by atoms with Gasteiger partial charge in [-0.2, -0.15) is 4.31 Å². The van der Waals surface area contributed by atoms with Crippen molar-refractivity contribution in [2.75, 3.05) is 39.5 Å². The maximum absolute atomic E-state index is 13.0. The van der Waals surface area contributed by atoms with Crippen molar-refractivity contribution in [1.82, 2.24) is 9.62 Å². The van der Waals surface area contributed by atoms with Crippen molar-refractivity contribution in [2.24, 2.45) is 0 Å². The van der Waals surface area contributed by atoms with E-state index in [1.165, 1.54) is 16.4 Å². The standard InChI is InChI=1S/C20H20Cl2N2O6S/c21-15-10-16(22)19(31(26,27)24-5-7-28-8-6-24)9-14(15)20(25)23-11-13-12-29-17-3-1-2-4-18(17)30-13/h1-4,9-10,13H,5-8,11-12H2,(H,23,25). The number of sulfonamides is 1. The van der Waals surface area contributed by atoms with E-state index in [9.17, 15) is 13.2 Å². The van der Waals surface area contributed by atoms with E-state index in [1.54, 1.807) is 12.1 Å². The smallest absolute Gasteiger partial charge is 0.252 e. The zero-order chi connectivity index (χ0) is 22.0. The van der Waals surface area contributed by atoms with Crippen LogP contribution in [0.15, 0.2) is 41.3 Å². The van der Waals surface area contributed by atoms with Crippen LogP contribution in [0.2, 0.25) is 10.0 Å². The topological polar surface area (TPSA) is 94.2 Å². The van der Waals surface area contributed by atoms with E-state index in [4.69, 9.17) is 37.4 Å². The Morgan fingerprint density at radius 3 is 2.55 bits per heavy atom. The first-order valence-corrected chi connectivity index (χ1v) is 11.8. The number of ether oxygens (including phenoxy) is 3. The molecule has 2 aliphatic rings. The number of amides is 1. The van der Waals surface area contributed by atoms with E-state index in [0.717, 1.165) is 0 Å². The molecule has 4 rings (SSSR count). The number of benzene rings is 2. The number of carbonyl (C=O) groups is 1. The average molecular weight is 487 g/mol. The van der Waals surface area contributed by atoms with Crippen LogP contribution in [0.1, 0.15) is 10.4 Å². The summed E-state index contributed by atoms with van der Waals surface area (Å²) in [7, 11) is -3.90. The monoisotopic (exact) mass is 486 g/mol. The summed E-state index contributed by atoms with van der Waals surface area (Å²) in [6.07, 6.45) is -0.401. The molecule has 2 aromatic rings. The lowest BCUT2D eigenvalue weighted by Crippen LogP contribution is -2.41. The molecule has 8 nitrogen and oxygen atoms in total. The van der Waals surface area contributed by atoms with Gasteiger partial charge in [-0.25, -0.2) is 8.42 Å². The van der Waals surface area contributed by atoms with Crippen molar-refractivity contribution < 1.29 is 27.4 Å². The van der Waals surface area contributed by atoms with Gasteiger partial charge in [0, 0.05) is 13.1 Å². The van der Waals surface area contributed by atoms with Gasteiger partial charge in [0.1, 0.15) is 17.6 Å². The van der Waals surface area contributed by atoms with Crippen molar-refractivity contribution in [1.29, 1.82) is 0 Å². The Kier molecular flexibility index (Phi) is 6.59. The molecule has 0 saturated carbocycles. The first kappa shape index (κ1) is 22.2. The summed E-state index contributed by atoms with van der Waals surface area (Å²) in [5.74, 6) is 0.697. The first-order valence-electron chi connectivity index (χ1n) is 9.60. The van der Waals surface area contributed by atoms with Gasteiger partial charge in [-0.3, -0.25) is 4.79 Å². The maximum atomic E-state index is 13.0. The molecule has 0 spiro atoms. The SMILES string of the molecule is O=C(NCC1COc2ccccc2O1)c1cc(S(=O)(=O)N2CCOCC2)c(Cl)cc1Cl. The summed E-state index contributed by atoms with van der Waals surface area (Å²) in [6, 6.07) is 9.72. The average Bonchev–Trinajstić information content (AvgIpc) is 2.77. The van der Waals surface area contributed by atoms with Gasteiger partial charge in [0.25, 0.3) is 5.91 Å². The van der Waals surface area contributed by atoms with Crippen molar-refractivity contribution in [3.63, 3.8) is 0 Å². The van der Waals surface area contributed by atoms with Crippen LogP contribution in [-0.4, -0.2) is 64.2 Å². The lowest BCUT2D eigenvalue weighted by atomic mass is 10.2. The summed E-state index contributed by atoms with van der Waals surface area (Å²) in [6.45, 7) is 1.43. The zero-order valence-corrected chi connectivity index (χ0v) is 18.7. The Hall–Kier alpha value is -2.04. The number of fused-ring (bicyclic) bond motifs is 1. The first-order chi connectivity index (χ1) is 14.9. The van der Waals surface area contributed by atoms with Crippen LogP contribution in [0, 0.1) is 0 Å². The summed E-state index contributed by atoms with van der Waals surface area (Å²) in [5.41, 5.74) is 0.00929. The summed E-state index contributed by atoms with van der Waals surface area (Å²) >= 11 is 12.4. The minimum absolute atomic E-state index is 0.00929. The van der Waals surface area contributed by atoms with Crippen LogP contribution in [0.4, 0.5) is 0 Å². The van der Waals surface area contributed by atoms with E-state index in [0.29, 0.717) is 24.7 Å². The van der Waals surface area contributed by atoms with Crippen molar-refractivity contribution in [3.05, 3.63) is 52.0 Å². The highest BCUT2D eigenvalue weighted by molar-refractivity contribution is 7.89. The van der Waals surface area contributed by atoms with Gasteiger partial charge < -0.3 is 19.5 Å². The largest absolute Gasteiger partial charge is 0.486 e. The van der Waals surface area contributed by atoms with E-state index in [-0.39, 0.29) is 46.7 Å². The fourth-order valence-corrected chi connectivity index (χ4v) is 5.53. The molecule has 0 aromatic heterocycles. The van der Waals surface area contributed by atoms with Crippen LogP contribution in [0.25, 0.3) is 0 Å². The number of rotatable bonds is 5. The van der Waals surface area contributed by atoms with Crippen LogP contribution in [-0.2, 0) is 14.8 Å². The molecule has 11 heteroatoms. The third-order valence-electron chi connectivity index (χ3n) is 4.91. The van der Waals surface area contributed by atoms with Crippen molar-refractivity contribution >= 4 is 39.1 Å². The summed E-state index contributed by atoms with van der Waals surface area (Å²) in [5, 5.41) is 2.72. The number of hydrogen-bond donors (Lipinski definition) is 1. The van der Waals surface area contributed by atoms with Crippen molar-refractivity contribution in [3.8, 4) is 11.5 Å². The normalized spacial score (nSPS) is 19.1. The van der Waals surface area contributed by atoms with Gasteiger partial charge in [-0.05, 0) is 24.3 Å². The number of halogens is 2. The third-order valence-corrected chi connectivity index (χ3v) is 7.59. The lowest BCUT2D eigenvalue weighted by molar-refractivity contribution is 0.0730. The van der Waals surface area contributed by atoms with E-state index >= 15 is 0 Å². The second kappa shape index (κ2) is 9.22. The molecule has 0 radical (unpaired) electrons. The second-order valence-corrected chi connectivity index (χ2v) is 9.71. The Bertz CT molecular complexity index is 1090. The van der Waals surface area contributed by atoms with Crippen molar-refractivity contribution in [2.45, 2.75) is 11.0 Å². The molecule has 2 heterocycles. The molecule has 166 valence electrons. The highest BCUT2D eigenvalue weighted by Gasteiger charge is 2.30. The predicted octanol–water partition coefficient (Wildman–Crippen LogP) is 2.58. The van der Waals surface area contributed by atoms with Gasteiger partial charge in [-0.1, -0.05) is 35.3 Å². The Morgan fingerprint density at radius 1 is 1.10 bits per heavy atom. The van der Waals surface area contributed by atoms with Gasteiger partial charge in [0.2, 0.25) is 10.0 Å². The third kappa shape index (κ3) is 4.75. The van der Waals surface area contributed by atoms with Crippen LogP contribution in [0.3, 0.4) is 0 Å². The lowest BCUT2D eigenvalue weighted by Gasteiger charge is -2.27. The molecule has 1 unspecified atom stereocenters. The van der Waals surface area contributed by atoms with Crippen LogP contribution >= 0.6 is 23.2 Å². The predicted molar refractivity (Wildman–Crippen MR) is 115 cm³/mol. The van der Waals surface area contributed by atoms with Gasteiger partial charge in [0.15, 0.2) is 11.5 Å². The fourth-order valence-electron chi connectivity index (χ4n) is 3.29. The minimum Gasteiger partial charge on any atom is -0.486 e. The second-order valence-electron chi connectivity index (χ2n) is 6.99. The number of nitrogens with one attached hydrogen (secondary N) is 1. The minimum atomic E-state index is -3.90. The van der Waals surface area contributed by atoms with E-state index in [1.807, 2.05) is 12.1 Å². The number of morpholine rings is 1. The van der Waals surface area contributed by atoms with Gasteiger partial charge >= 0.3 is 0 Å². The Balaban J connectivity index is 1.49. The Morgan fingerprint density at radius 2 is 1.81 bits per heavy atom. The maximum Gasteiger partial charge on any atom is 0.252 e. The molecule has 2 aliphatic heterocycles. The molecule has 0 bridgehead atoms. The molecule has 31 heavy (non-hydrogen) atoms. The highest BCUT2D eigenvalue weighted by atomic mass is 35.5. The number of hydrogen-bond acceptors (Lipinski definition) is 6. The molecule has 0 aliphatic carbocycles. The Labute approximate surface area is 190 Å². The van der Waals surface area contributed by atoms with Gasteiger partial charge in [-0.15, -0.1) is 0 Å². The quantitative estimate of drug-likeness (QED) is 0.697. The summed E-state index contributed by atoms with van der Waals surface area (Å²) in [4.78, 5) is 12.6. The number of carbonyl (C=O) groups excluding carboxylic acids is 1. The molecule has 1 fully saturated rings. The van der Waals surface area contributed by atoms with E-state index in [2.05, 4.69) is 5.32 Å². The van der Waals surface area contributed by atoms with E-state index < -0.39 is 22.0 Å². The summed E-state index contributed by atoms with van der Waals surface area (Å²) < 4.78 is 43.9. The van der Waals surface area contributed by atoms with Gasteiger partial charge in [0.05, 0.1) is 35.4 Å². The molecule has 2 aromatic carbocycles. The number of para-hydroxylation sites is 2. The number of nitrogens with zero attached hydrogens (tertiary/aromatic N) is 1.